The van der Waals surface area contributed by atoms with E-state index in [2.05, 4.69) is 12.2 Å². The predicted octanol–water partition coefficient (Wildman–Crippen LogP) is 1.30. The molecule has 0 aromatic carbocycles. The maximum atomic E-state index is 12.3. The minimum Gasteiger partial charge on any atom is -0.344 e. The van der Waals surface area contributed by atoms with Crippen LogP contribution in [-0.2, 0) is 9.59 Å². The molecule has 1 saturated carbocycles. The van der Waals surface area contributed by atoms with E-state index in [-0.39, 0.29) is 17.9 Å². The van der Waals surface area contributed by atoms with Crippen molar-refractivity contribution >= 4 is 11.8 Å². The van der Waals surface area contributed by atoms with E-state index >= 15 is 0 Å². The highest BCUT2D eigenvalue weighted by Crippen LogP contribution is 2.32. The van der Waals surface area contributed by atoms with Crippen LogP contribution < -0.4 is 5.32 Å². The number of amides is 2. The first-order chi connectivity index (χ1) is 8.11. The van der Waals surface area contributed by atoms with Crippen LogP contribution in [0.1, 0.15) is 46.0 Å². The molecule has 17 heavy (non-hydrogen) atoms. The Hall–Kier alpha value is -1.06. The first-order valence-electron chi connectivity index (χ1n) is 6.71. The Balaban J connectivity index is 2.04. The van der Waals surface area contributed by atoms with Gasteiger partial charge in [-0.15, -0.1) is 0 Å². The first kappa shape index (κ1) is 12.4. The minimum absolute atomic E-state index is 0.0201. The molecule has 1 N–H and O–H groups in total. The summed E-state index contributed by atoms with van der Waals surface area (Å²) in [5.41, 5.74) is 0. The number of hydrogen-bond donors (Lipinski definition) is 1. The second-order valence-corrected chi connectivity index (χ2v) is 5.42. The molecule has 0 spiro atoms. The van der Waals surface area contributed by atoms with Gasteiger partial charge in [0.1, 0.15) is 6.04 Å². The topological polar surface area (TPSA) is 49.4 Å². The fourth-order valence-electron chi connectivity index (χ4n) is 2.82. The summed E-state index contributed by atoms with van der Waals surface area (Å²) < 4.78 is 0. The highest BCUT2D eigenvalue weighted by Gasteiger charge is 2.38. The second-order valence-electron chi connectivity index (χ2n) is 5.42. The van der Waals surface area contributed by atoms with Crippen LogP contribution in [0.3, 0.4) is 0 Å². The largest absolute Gasteiger partial charge is 0.344 e. The van der Waals surface area contributed by atoms with Gasteiger partial charge in [-0.25, -0.2) is 0 Å². The third kappa shape index (κ3) is 2.61. The van der Waals surface area contributed by atoms with Crippen LogP contribution in [0.25, 0.3) is 0 Å². The molecule has 1 aliphatic heterocycles. The molecule has 4 heteroatoms. The van der Waals surface area contributed by atoms with Gasteiger partial charge in [-0.1, -0.05) is 20.3 Å². The molecule has 0 aromatic heterocycles. The zero-order valence-corrected chi connectivity index (χ0v) is 10.7. The molecule has 2 amide bonds. The third-order valence-electron chi connectivity index (χ3n) is 3.86. The van der Waals surface area contributed by atoms with Crippen molar-refractivity contribution in [3.8, 4) is 0 Å². The number of carbonyl (C=O) groups excluding carboxylic acids is 2. The predicted molar refractivity (Wildman–Crippen MR) is 65.4 cm³/mol. The average molecular weight is 238 g/mol. The Labute approximate surface area is 103 Å². The lowest BCUT2D eigenvalue weighted by Gasteiger charge is -2.41. The Morgan fingerprint density at radius 3 is 2.65 bits per heavy atom. The minimum atomic E-state index is -0.286. The quantitative estimate of drug-likeness (QED) is 0.805. The summed E-state index contributed by atoms with van der Waals surface area (Å²) in [7, 11) is 0. The lowest BCUT2D eigenvalue weighted by Crippen LogP contribution is -2.52. The standard InChI is InChI=1S/C13H22N2O2/c1-3-4-11-13(17)15(6-5-12(16)14-11)10-7-9(2)8-10/h9-11H,3-8H2,1-2H3,(H,14,16). The molecule has 1 heterocycles. The Morgan fingerprint density at radius 1 is 1.35 bits per heavy atom. The molecule has 0 aromatic rings. The fraction of sp³-hybridized carbons (Fsp3) is 0.846. The summed E-state index contributed by atoms with van der Waals surface area (Å²) in [5, 5.41) is 2.84. The van der Waals surface area contributed by atoms with E-state index in [1.807, 2.05) is 11.8 Å². The van der Waals surface area contributed by atoms with E-state index in [9.17, 15) is 9.59 Å². The van der Waals surface area contributed by atoms with Crippen LogP contribution in [0, 0.1) is 5.92 Å². The van der Waals surface area contributed by atoms with Gasteiger partial charge in [-0.05, 0) is 25.2 Å². The zero-order chi connectivity index (χ0) is 12.4. The molecule has 1 aliphatic carbocycles. The van der Waals surface area contributed by atoms with E-state index in [1.165, 1.54) is 0 Å². The van der Waals surface area contributed by atoms with Gasteiger partial charge in [0.15, 0.2) is 0 Å². The second kappa shape index (κ2) is 5.07. The number of carbonyl (C=O) groups is 2. The van der Waals surface area contributed by atoms with E-state index < -0.39 is 0 Å². The summed E-state index contributed by atoms with van der Waals surface area (Å²) in [4.78, 5) is 25.8. The van der Waals surface area contributed by atoms with Gasteiger partial charge in [0.2, 0.25) is 11.8 Å². The summed E-state index contributed by atoms with van der Waals surface area (Å²) >= 11 is 0. The summed E-state index contributed by atoms with van der Waals surface area (Å²) in [6.07, 6.45) is 4.32. The summed E-state index contributed by atoms with van der Waals surface area (Å²) in [5.74, 6) is 0.880. The lowest BCUT2D eigenvalue weighted by atomic mass is 9.80. The molecule has 1 unspecified atom stereocenters. The molecular weight excluding hydrogens is 216 g/mol. The molecule has 1 saturated heterocycles. The maximum absolute atomic E-state index is 12.3. The van der Waals surface area contributed by atoms with Crippen molar-refractivity contribution in [3.05, 3.63) is 0 Å². The smallest absolute Gasteiger partial charge is 0.245 e. The van der Waals surface area contributed by atoms with Crippen molar-refractivity contribution < 1.29 is 9.59 Å². The van der Waals surface area contributed by atoms with Gasteiger partial charge >= 0.3 is 0 Å². The Kier molecular flexibility index (Phi) is 3.69. The highest BCUT2D eigenvalue weighted by molar-refractivity contribution is 5.90. The first-order valence-corrected chi connectivity index (χ1v) is 6.71. The summed E-state index contributed by atoms with van der Waals surface area (Å²) in [6, 6.07) is 0.0930. The van der Waals surface area contributed by atoms with Crippen LogP contribution in [0.2, 0.25) is 0 Å². The van der Waals surface area contributed by atoms with Gasteiger partial charge in [-0.3, -0.25) is 9.59 Å². The van der Waals surface area contributed by atoms with Gasteiger partial charge in [-0.2, -0.15) is 0 Å². The lowest BCUT2D eigenvalue weighted by molar-refractivity contribution is -0.138. The fourth-order valence-corrected chi connectivity index (χ4v) is 2.82. The number of nitrogens with one attached hydrogen (secondary N) is 1. The summed E-state index contributed by atoms with van der Waals surface area (Å²) in [6.45, 7) is 4.86. The molecule has 1 atom stereocenters. The maximum Gasteiger partial charge on any atom is 0.245 e. The van der Waals surface area contributed by atoms with Crippen LogP contribution in [-0.4, -0.2) is 35.3 Å². The zero-order valence-electron chi connectivity index (χ0n) is 10.7. The molecule has 0 bridgehead atoms. The SMILES string of the molecule is CCCC1NC(=O)CCN(C2CC(C)C2)C1=O. The number of hydrogen-bond acceptors (Lipinski definition) is 2. The van der Waals surface area contributed by atoms with Crippen molar-refractivity contribution in [2.45, 2.75) is 58.0 Å². The van der Waals surface area contributed by atoms with Crippen molar-refractivity contribution in [1.82, 2.24) is 10.2 Å². The van der Waals surface area contributed by atoms with Gasteiger partial charge in [0, 0.05) is 19.0 Å². The molecule has 96 valence electrons. The van der Waals surface area contributed by atoms with E-state index in [0.29, 0.717) is 19.0 Å². The molecule has 2 aliphatic rings. The normalized spacial score (nSPS) is 34.0. The number of nitrogens with zero attached hydrogens (tertiary/aromatic N) is 1. The van der Waals surface area contributed by atoms with Gasteiger partial charge < -0.3 is 10.2 Å². The molecule has 4 nitrogen and oxygen atoms in total. The van der Waals surface area contributed by atoms with E-state index in [4.69, 9.17) is 0 Å². The average Bonchev–Trinajstić information content (AvgIpc) is 2.37. The monoisotopic (exact) mass is 238 g/mol. The van der Waals surface area contributed by atoms with Crippen LogP contribution in [0.5, 0.6) is 0 Å². The van der Waals surface area contributed by atoms with Crippen molar-refractivity contribution in [2.75, 3.05) is 6.54 Å². The van der Waals surface area contributed by atoms with Gasteiger partial charge in [0.05, 0.1) is 0 Å². The van der Waals surface area contributed by atoms with Crippen molar-refractivity contribution in [1.29, 1.82) is 0 Å². The van der Waals surface area contributed by atoms with Gasteiger partial charge in [0.25, 0.3) is 0 Å². The van der Waals surface area contributed by atoms with E-state index in [0.717, 1.165) is 31.6 Å². The molecule has 0 radical (unpaired) electrons. The third-order valence-corrected chi connectivity index (χ3v) is 3.86. The Bertz CT molecular complexity index is 311. The Morgan fingerprint density at radius 2 is 2.06 bits per heavy atom. The molecule has 2 fully saturated rings. The van der Waals surface area contributed by atoms with Crippen LogP contribution in [0.4, 0.5) is 0 Å². The highest BCUT2D eigenvalue weighted by atomic mass is 16.2. The van der Waals surface area contributed by atoms with Crippen LogP contribution in [0.15, 0.2) is 0 Å². The number of rotatable bonds is 3. The van der Waals surface area contributed by atoms with E-state index in [1.54, 1.807) is 0 Å². The molecular formula is C13H22N2O2. The van der Waals surface area contributed by atoms with Crippen LogP contribution >= 0.6 is 0 Å². The van der Waals surface area contributed by atoms with Crippen molar-refractivity contribution in [2.24, 2.45) is 5.92 Å². The molecule has 2 rings (SSSR count). The van der Waals surface area contributed by atoms with Crippen molar-refractivity contribution in [3.63, 3.8) is 0 Å².